The van der Waals surface area contributed by atoms with Gasteiger partial charge in [0.15, 0.2) is 0 Å². The van der Waals surface area contributed by atoms with Gasteiger partial charge in [-0.3, -0.25) is 4.79 Å². The third-order valence-electron chi connectivity index (χ3n) is 6.29. The Hall–Kier alpha value is -3.29. The van der Waals surface area contributed by atoms with E-state index in [4.69, 9.17) is 0 Å². The maximum atomic E-state index is 14.0. The Balaban J connectivity index is 1.44. The lowest BCUT2D eigenvalue weighted by Gasteiger charge is -2.39. The summed E-state index contributed by atoms with van der Waals surface area (Å²) in [5.41, 5.74) is 1.88. The van der Waals surface area contributed by atoms with Crippen LogP contribution >= 0.6 is 0 Å². The second-order valence-corrected chi connectivity index (χ2v) is 8.21. The van der Waals surface area contributed by atoms with Crippen LogP contribution in [0.3, 0.4) is 0 Å². The molecular formula is C22H23FN6O. The number of hydrogen-bond donors (Lipinski definition) is 0. The Morgan fingerprint density at radius 3 is 2.67 bits per heavy atom. The highest BCUT2D eigenvalue weighted by Crippen LogP contribution is 2.41. The number of pyridine rings is 1. The first kappa shape index (κ1) is 18.7. The van der Waals surface area contributed by atoms with E-state index < -0.39 is 5.82 Å². The van der Waals surface area contributed by atoms with Crippen molar-refractivity contribution in [1.29, 1.82) is 0 Å². The zero-order valence-corrected chi connectivity index (χ0v) is 16.9. The predicted octanol–water partition coefficient (Wildman–Crippen LogP) is 2.85. The molecule has 0 N–H and O–H groups in total. The molecule has 2 aromatic heterocycles. The van der Waals surface area contributed by atoms with Gasteiger partial charge in [0, 0.05) is 19.8 Å². The maximum Gasteiger partial charge on any atom is 0.256 e. The molecule has 3 atom stereocenters. The van der Waals surface area contributed by atoms with E-state index in [2.05, 4.69) is 20.1 Å². The fraction of sp³-hybridized carbons (Fsp3) is 0.364. The summed E-state index contributed by atoms with van der Waals surface area (Å²) in [4.78, 5) is 23.5. The lowest BCUT2D eigenvalue weighted by atomic mass is 10.0. The Bertz CT molecular complexity index is 1070. The van der Waals surface area contributed by atoms with Crippen LogP contribution in [0.1, 0.15) is 28.8 Å². The number of nitrogens with zero attached hydrogens (tertiary/aromatic N) is 6. The van der Waals surface area contributed by atoms with Crippen molar-refractivity contribution in [3.63, 3.8) is 0 Å². The summed E-state index contributed by atoms with van der Waals surface area (Å²) in [5, 5.41) is 8.24. The smallest absolute Gasteiger partial charge is 0.256 e. The molecule has 30 heavy (non-hydrogen) atoms. The molecule has 3 heterocycles. The van der Waals surface area contributed by atoms with Gasteiger partial charge in [-0.15, -0.1) is 0 Å². The quantitative estimate of drug-likeness (QED) is 0.667. The molecule has 2 aliphatic rings. The second kappa shape index (κ2) is 7.19. The molecule has 8 heteroatoms. The van der Waals surface area contributed by atoms with Gasteiger partial charge in [-0.1, -0.05) is 6.07 Å². The van der Waals surface area contributed by atoms with Crippen molar-refractivity contribution in [1.82, 2.24) is 24.9 Å². The molecular weight excluding hydrogens is 383 g/mol. The minimum absolute atomic E-state index is 0.0669. The molecule has 1 saturated carbocycles. The summed E-state index contributed by atoms with van der Waals surface area (Å²) in [6.07, 6.45) is 6.91. The number of benzene rings is 1. The number of likely N-dealkylation sites (N-methyl/N-ethyl adjacent to an activating group) is 1. The maximum absolute atomic E-state index is 14.0. The van der Waals surface area contributed by atoms with Gasteiger partial charge in [0.05, 0.1) is 35.7 Å². The molecule has 1 aliphatic carbocycles. The van der Waals surface area contributed by atoms with Crippen LogP contribution in [0.2, 0.25) is 0 Å². The van der Waals surface area contributed by atoms with Gasteiger partial charge in [0.2, 0.25) is 0 Å². The summed E-state index contributed by atoms with van der Waals surface area (Å²) in [6, 6.07) is 8.47. The number of aromatic nitrogens is 4. The molecule has 1 amide bonds. The van der Waals surface area contributed by atoms with E-state index in [0.717, 1.165) is 24.2 Å². The van der Waals surface area contributed by atoms with Gasteiger partial charge in [-0.2, -0.15) is 15.0 Å². The van der Waals surface area contributed by atoms with E-state index in [-0.39, 0.29) is 23.6 Å². The van der Waals surface area contributed by atoms with Crippen LogP contribution in [0.4, 0.5) is 10.2 Å². The first-order valence-corrected chi connectivity index (χ1v) is 10.1. The lowest BCUT2D eigenvalue weighted by Crippen LogP contribution is -2.51. The molecule has 2 bridgehead atoms. The molecule has 1 saturated heterocycles. The van der Waals surface area contributed by atoms with Crippen molar-refractivity contribution in [2.24, 2.45) is 5.92 Å². The standard InChI is InChI=1S/C22H23FN6O/c1-14-3-6-21(24-12-14)27(2)19-9-15-10-20(19)28(13-15)22(30)17-11-16(23)4-5-18(17)29-25-7-8-26-29/h3-8,11-12,15,19-20H,9-10,13H2,1-2H3. The number of fused-ring (bicyclic) bond motifs is 2. The van der Waals surface area contributed by atoms with Crippen LogP contribution in [0.15, 0.2) is 48.9 Å². The number of piperidine rings is 1. The summed E-state index contributed by atoms with van der Waals surface area (Å²) in [6.45, 7) is 2.71. The first-order chi connectivity index (χ1) is 14.5. The summed E-state index contributed by atoms with van der Waals surface area (Å²) in [5.74, 6) is 0.717. The molecule has 0 radical (unpaired) electrons. The Morgan fingerprint density at radius 2 is 1.97 bits per heavy atom. The largest absolute Gasteiger partial charge is 0.355 e. The van der Waals surface area contributed by atoms with Crippen LogP contribution in [0.25, 0.3) is 5.69 Å². The van der Waals surface area contributed by atoms with E-state index >= 15 is 0 Å². The third-order valence-corrected chi connectivity index (χ3v) is 6.29. The summed E-state index contributed by atoms with van der Waals surface area (Å²) >= 11 is 0. The highest BCUT2D eigenvalue weighted by atomic mass is 19.1. The van der Waals surface area contributed by atoms with Gasteiger partial charge in [0.25, 0.3) is 5.91 Å². The number of rotatable bonds is 4. The molecule has 1 aromatic carbocycles. The Morgan fingerprint density at radius 1 is 1.17 bits per heavy atom. The van der Waals surface area contributed by atoms with E-state index in [1.807, 2.05) is 37.2 Å². The van der Waals surface area contributed by atoms with Gasteiger partial charge in [-0.05, 0) is 55.5 Å². The average Bonchev–Trinajstić information content (AvgIpc) is 3.50. The number of likely N-dealkylation sites (tertiary alicyclic amines) is 1. The number of carbonyl (C=O) groups is 1. The van der Waals surface area contributed by atoms with Crippen LogP contribution in [0.5, 0.6) is 0 Å². The van der Waals surface area contributed by atoms with Crippen molar-refractivity contribution in [2.75, 3.05) is 18.5 Å². The normalized spacial score (nSPS) is 22.5. The second-order valence-electron chi connectivity index (χ2n) is 8.21. The molecule has 3 aromatic rings. The third kappa shape index (κ3) is 3.12. The van der Waals surface area contributed by atoms with Crippen molar-refractivity contribution < 1.29 is 9.18 Å². The van der Waals surface area contributed by atoms with Crippen LogP contribution in [-0.4, -0.2) is 56.5 Å². The predicted molar refractivity (Wildman–Crippen MR) is 110 cm³/mol. The number of amides is 1. The number of anilines is 1. The van der Waals surface area contributed by atoms with Crippen LogP contribution in [-0.2, 0) is 0 Å². The van der Waals surface area contributed by atoms with Crippen LogP contribution < -0.4 is 4.90 Å². The fourth-order valence-corrected chi connectivity index (χ4v) is 4.83. The van der Waals surface area contributed by atoms with E-state index in [0.29, 0.717) is 18.2 Å². The summed E-state index contributed by atoms with van der Waals surface area (Å²) < 4.78 is 14.0. The molecule has 0 spiro atoms. The highest BCUT2D eigenvalue weighted by Gasteiger charge is 2.49. The SMILES string of the molecule is Cc1ccc(N(C)C2CC3CC2N(C(=O)c2cc(F)ccc2-n2nccn2)C3)nc1. The molecule has 154 valence electrons. The number of aryl methyl sites for hydroxylation is 1. The van der Waals surface area contributed by atoms with Crippen molar-refractivity contribution in [3.05, 3.63) is 65.9 Å². The van der Waals surface area contributed by atoms with Crippen LogP contribution in [0, 0.1) is 18.7 Å². The van der Waals surface area contributed by atoms with E-state index in [9.17, 15) is 9.18 Å². The highest BCUT2D eigenvalue weighted by molar-refractivity contribution is 5.98. The zero-order valence-electron chi connectivity index (χ0n) is 16.9. The van der Waals surface area contributed by atoms with Crippen molar-refractivity contribution in [2.45, 2.75) is 31.8 Å². The monoisotopic (exact) mass is 406 g/mol. The molecule has 2 fully saturated rings. The number of carbonyl (C=O) groups excluding carboxylic acids is 1. The van der Waals surface area contributed by atoms with E-state index in [1.54, 1.807) is 6.07 Å². The molecule has 7 nitrogen and oxygen atoms in total. The lowest BCUT2D eigenvalue weighted by molar-refractivity contribution is 0.0682. The first-order valence-electron chi connectivity index (χ1n) is 10.1. The molecule has 1 aliphatic heterocycles. The van der Waals surface area contributed by atoms with Gasteiger partial charge in [0.1, 0.15) is 11.6 Å². The zero-order chi connectivity index (χ0) is 20.8. The van der Waals surface area contributed by atoms with Crippen molar-refractivity contribution in [3.8, 4) is 5.69 Å². The Kier molecular flexibility index (Phi) is 4.49. The molecule has 3 unspecified atom stereocenters. The van der Waals surface area contributed by atoms with E-state index in [1.165, 1.54) is 29.3 Å². The average molecular weight is 406 g/mol. The van der Waals surface area contributed by atoms with Gasteiger partial charge in [-0.25, -0.2) is 9.37 Å². The molecule has 5 rings (SSSR count). The minimum Gasteiger partial charge on any atom is -0.355 e. The van der Waals surface area contributed by atoms with Crippen molar-refractivity contribution >= 4 is 11.7 Å². The topological polar surface area (TPSA) is 67.2 Å². The van der Waals surface area contributed by atoms with Gasteiger partial charge < -0.3 is 9.80 Å². The summed E-state index contributed by atoms with van der Waals surface area (Å²) in [7, 11) is 2.03. The minimum atomic E-state index is -0.448. The fourth-order valence-electron chi connectivity index (χ4n) is 4.83. The van der Waals surface area contributed by atoms with Gasteiger partial charge >= 0.3 is 0 Å². The number of halogens is 1. The number of hydrogen-bond acceptors (Lipinski definition) is 5. The Labute approximate surface area is 174 Å².